The topological polar surface area (TPSA) is 46.9 Å². The fourth-order valence-electron chi connectivity index (χ4n) is 2.64. The predicted molar refractivity (Wildman–Crippen MR) is 87.9 cm³/mol. The van der Waals surface area contributed by atoms with Gasteiger partial charge in [0.1, 0.15) is 28.8 Å². The van der Waals surface area contributed by atoms with E-state index in [9.17, 15) is 35.5 Å². The molecule has 1 N–H and O–H groups in total. The van der Waals surface area contributed by atoms with Crippen LogP contribution in [0.4, 0.5) is 36.4 Å². The molecular weight excluding hydrogens is 407 g/mol. The van der Waals surface area contributed by atoms with Gasteiger partial charge in [-0.05, 0) is 30.3 Å². The number of hydrogen-bond acceptors (Lipinski definition) is 2. The molecule has 1 heterocycles. The molecule has 152 valence electrons. The van der Waals surface area contributed by atoms with Crippen molar-refractivity contribution in [2.45, 2.75) is 6.18 Å². The highest BCUT2D eigenvalue weighted by molar-refractivity contribution is 6.04. The van der Waals surface area contributed by atoms with E-state index in [1.807, 2.05) is 5.32 Å². The Bertz CT molecular complexity index is 1060. The molecule has 1 amide bonds. The van der Waals surface area contributed by atoms with Crippen molar-refractivity contribution in [3.63, 3.8) is 0 Å². The number of nitrogens with zero attached hydrogens (tertiary/aromatic N) is 2. The average Bonchev–Trinajstić information content (AvgIpc) is 2.96. The van der Waals surface area contributed by atoms with Gasteiger partial charge in [-0.2, -0.15) is 18.3 Å². The summed E-state index contributed by atoms with van der Waals surface area (Å²) in [6.45, 7) is 0. The molecule has 0 bridgehead atoms. The summed E-state index contributed by atoms with van der Waals surface area (Å²) in [6.07, 6.45) is -4.82. The number of benzene rings is 2. The Morgan fingerprint density at radius 1 is 0.966 bits per heavy atom. The van der Waals surface area contributed by atoms with E-state index in [0.717, 1.165) is 25.2 Å². The highest BCUT2D eigenvalue weighted by Crippen LogP contribution is 2.34. The van der Waals surface area contributed by atoms with Crippen LogP contribution in [0.3, 0.4) is 0 Å². The fraction of sp³-hybridized carbons (Fsp3) is 0.111. The molecule has 0 spiro atoms. The molecule has 29 heavy (non-hydrogen) atoms. The molecule has 0 fully saturated rings. The first-order valence-electron chi connectivity index (χ1n) is 7.85. The molecule has 1 aromatic heterocycles. The second-order valence-electron chi connectivity index (χ2n) is 5.90. The molecule has 0 aliphatic rings. The predicted octanol–water partition coefficient (Wildman–Crippen LogP) is 4.91. The van der Waals surface area contributed by atoms with Crippen LogP contribution >= 0.6 is 0 Å². The molecule has 3 rings (SSSR count). The quantitative estimate of drug-likeness (QED) is 0.616. The summed E-state index contributed by atoms with van der Waals surface area (Å²) in [5.74, 6) is -6.30. The van der Waals surface area contributed by atoms with E-state index in [4.69, 9.17) is 0 Å². The number of nitrogens with one attached hydrogen (secondary N) is 1. The molecule has 4 nitrogen and oxygen atoms in total. The normalized spacial score (nSPS) is 11.6. The van der Waals surface area contributed by atoms with Crippen molar-refractivity contribution in [2.75, 3.05) is 5.32 Å². The van der Waals surface area contributed by atoms with Crippen molar-refractivity contribution in [3.8, 4) is 11.3 Å². The van der Waals surface area contributed by atoms with E-state index in [0.29, 0.717) is 22.9 Å². The minimum Gasteiger partial charge on any atom is -0.322 e. The zero-order chi connectivity index (χ0) is 21.5. The Kier molecular flexibility index (Phi) is 5.07. The largest absolute Gasteiger partial charge is 0.435 e. The third kappa shape index (κ3) is 3.93. The van der Waals surface area contributed by atoms with Gasteiger partial charge in [0, 0.05) is 12.7 Å². The number of anilines is 1. The SMILES string of the molecule is Cn1nc(C(F)(F)F)cc1-c1c(F)cc(NC(=O)c2c(F)cccc2F)cc1F. The summed E-state index contributed by atoms with van der Waals surface area (Å²) < 4.78 is 95.1. The van der Waals surface area contributed by atoms with Crippen LogP contribution in [0.1, 0.15) is 16.1 Å². The molecule has 2 aromatic carbocycles. The lowest BCUT2D eigenvalue weighted by atomic mass is 10.1. The van der Waals surface area contributed by atoms with Crippen molar-refractivity contribution >= 4 is 11.6 Å². The number of amides is 1. The van der Waals surface area contributed by atoms with Crippen LogP contribution in [0, 0.1) is 23.3 Å². The van der Waals surface area contributed by atoms with Gasteiger partial charge in [0.15, 0.2) is 5.69 Å². The van der Waals surface area contributed by atoms with E-state index in [1.165, 1.54) is 0 Å². The molecule has 3 aromatic rings. The first kappa shape index (κ1) is 20.4. The van der Waals surface area contributed by atoms with Crippen LogP contribution in [0.15, 0.2) is 36.4 Å². The van der Waals surface area contributed by atoms with E-state index in [2.05, 4.69) is 5.10 Å². The molecule has 0 radical (unpaired) electrons. The van der Waals surface area contributed by atoms with Crippen LogP contribution < -0.4 is 5.32 Å². The summed E-state index contributed by atoms with van der Waals surface area (Å²) in [5.41, 5.74) is -4.11. The van der Waals surface area contributed by atoms with Crippen molar-refractivity contribution in [2.24, 2.45) is 7.05 Å². The van der Waals surface area contributed by atoms with E-state index in [1.54, 1.807) is 0 Å². The molecule has 0 atom stereocenters. The second kappa shape index (κ2) is 7.22. The summed E-state index contributed by atoms with van der Waals surface area (Å²) in [7, 11) is 1.07. The van der Waals surface area contributed by atoms with Crippen molar-refractivity contribution < 1.29 is 35.5 Å². The van der Waals surface area contributed by atoms with E-state index >= 15 is 0 Å². The second-order valence-corrected chi connectivity index (χ2v) is 5.90. The van der Waals surface area contributed by atoms with Gasteiger partial charge < -0.3 is 5.32 Å². The van der Waals surface area contributed by atoms with Gasteiger partial charge in [-0.1, -0.05) is 6.07 Å². The van der Waals surface area contributed by atoms with Gasteiger partial charge in [-0.15, -0.1) is 0 Å². The number of halogens is 7. The number of carbonyl (C=O) groups is 1. The molecule has 0 saturated heterocycles. The lowest BCUT2D eigenvalue weighted by Crippen LogP contribution is -2.16. The highest BCUT2D eigenvalue weighted by atomic mass is 19.4. The Morgan fingerprint density at radius 2 is 1.52 bits per heavy atom. The fourth-order valence-corrected chi connectivity index (χ4v) is 2.64. The third-order valence-corrected chi connectivity index (χ3v) is 3.92. The smallest absolute Gasteiger partial charge is 0.322 e. The zero-order valence-electron chi connectivity index (χ0n) is 14.4. The summed E-state index contributed by atoms with van der Waals surface area (Å²) in [6, 6.07) is 4.35. The van der Waals surface area contributed by atoms with Gasteiger partial charge >= 0.3 is 6.18 Å². The van der Waals surface area contributed by atoms with Gasteiger partial charge in [0.2, 0.25) is 0 Å². The minimum atomic E-state index is -4.82. The lowest BCUT2D eigenvalue weighted by molar-refractivity contribution is -0.141. The van der Waals surface area contributed by atoms with Crippen molar-refractivity contribution in [1.29, 1.82) is 0 Å². The first-order valence-corrected chi connectivity index (χ1v) is 7.85. The number of rotatable bonds is 3. The molecule has 0 aliphatic heterocycles. The van der Waals surface area contributed by atoms with Gasteiger partial charge in [0.25, 0.3) is 5.91 Å². The number of hydrogen-bond donors (Lipinski definition) is 1. The number of aromatic nitrogens is 2. The van der Waals surface area contributed by atoms with Crippen LogP contribution in [0.25, 0.3) is 11.3 Å². The Balaban J connectivity index is 1.97. The summed E-state index contributed by atoms with van der Waals surface area (Å²) in [5, 5.41) is 5.12. The van der Waals surface area contributed by atoms with E-state index < -0.39 is 63.6 Å². The maximum absolute atomic E-state index is 14.4. The molecule has 0 saturated carbocycles. The third-order valence-electron chi connectivity index (χ3n) is 3.92. The number of aryl methyl sites for hydroxylation is 1. The van der Waals surface area contributed by atoms with Crippen LogP contribution in [0.5, 0.6) is 0 Å². The van der Waals surface area contributed by atoms with Gasteiger partial charge in [-0.3, -0.25) is 9.48 Å². The molecular formula is C18H10F7N3O. The number of alkyl halides is 3. The van der Waals surface area contributed by atoms with Crippen molar-refractivity contribution in [3.05, 3.63) is 70.9 Å². The summed E-state index contributed by atoms with van der Waals surface area (Å²) >= 11 is 0. The maximum Gasteiger partial charge on any atom is 0.435 e. The van der Waals surface area contributed by atoms with E-state index in [-0.39, 0.29) is 0 Å². The average molecular weight is 417 g/mol. The van der Waals surface area contributed by atoms with Crippen LogP contribution in [-0.2, 0) is 13.2 Å². The minimum absolute atomic E-state index is 0.467. The first-order chi connectivity index (χ1) is 13.5. The Morgan fingerprint density at radius 3 is 2.00 bits per heavy atom. The molecule has 0 unspecified atom stereocenters. The Hall–Kier alpha value is -3.37. The molecule has 11 heteroatoms. The summed E-state index contributed by atoms with van der Waals surface area (Å²) in [4.78, 5) is 12.0. The van der Waals surface area contributed by atoms with Crippen LogP contribution in [-0.4, -0.2) is 15.7 Å². The van der Waals surface area contributed by atoms with Crippen LogP contribution in [0.2, 0.25) is 0 Å². The standard InChI is InChI=1S/C18H10F7N3O/c1-28-13(7-14(27-28)18(23,24)25)15-11(21)5-8(6-12(15)22)26-17(29)16-9(19)3-2-4-10(16)20/h2-7H,1H3,(H,26,29). The van der Waals surface area contributed by atoms with Crippen molar-refractivity contribution in [1.82, 2.24) is 9.78 Å². The molecule has 0 aliphatic carbocycles. The monoisotopic (exact) mass is 417 g/mol. The zero-order valence-corrected chi connectivity index (χ0v) is 14.4. The lowest BCUT2D eigenvalue weighted by Gasteiger charge is -2.10. The van der Waals surface area contributed by atoms with Gasteiger partial charge in [0.05, 0.1) is 11.3 Å². The maximum atomic E-state index is 14.4. The highest BCUT2D eigenvalue weighted by Gasteiger charge is 2.35. The Labute approximate surface area is 158 Å². The van der Waals surface area contributed by atoms with Gasteiger partial charge in [-0.25, -0.2) is 17.6 Å². The number of carbonyl (C=O) groups excluding carboxylic acids is 1.